The van der Waals surface area contributed by atoms with Crippen molar-refractivity contribution in [2.24, 2.45) is 0 Å². The molecular formula is C17H16Br2N2O2S. The number of benzene rings is 2. The summed E-state index contributed by atoms with van der Waals surface area (Å²) in [4.78, 5) is 11.9. The third kappa shape index (κ3) is 5.89. The summed E-state index contributed by atoms with van der Waals surface area (Å²) >= 11 is 11.9. The average molecular weight is 472 g/mol. The van der Waals surface area contributed by atoms with Crippen molar-refractivity contribution in [2.75, 3.05) is 11.9 Å². The minimum atomic E-state index is -0.327. The molecule has 1 amide bonds. The van der Waals surface area contributed by atoms with Gasteiger partial charge in [0, 0.05) is 10.2 Å². The molecule has 0 radical (unpaired) electrons. The third-order valence-corrected chi connectivity index (χ3v) is 4.30. The van der Waals surface area contributed by atoms with Crippen molar-refractivity contribution >= 4 is 60.8 Å². The predicted molar refractivity (Wildman–Crippen MR) is 108 cm³/mol. The molecule has 24 heavy (non-hydrogen) atoms. The molecule has 2 rings (SSSR count). The van der Waals surface area contributed by atoms with E-state index in [4.69, 9.17) is 17.0 Å². The van der Waals surface area contributed by atoms with E-state index in [0.29, 0.717) is 5.75 Å². The highest BCUT2D eigenvalue weighted by atomic mass is 79.9. The molecule has 0 aliphatic rings. The number of halogens is 2. The number of thiocarbonyl (C=S) groups is 1. The minimum absolute atomic E-state index is 0.130. The smallest absolute Gasteiger partial charge is 0.264 e. The van der Waals surface area contributed by atoms with Gasteiger partial charge in [-0.2, -0.15) is 0 Å². The Kier molecular flexibility index (Phi) is 6.77. The van der Waals surface area contributed by atoms with Gasteiger partial charge in [0.1, 0.15) is 5.75 Å². The predicted octanol–water partition coefficient (Wildman–Crippen LogP) is 4.72. The molecule has 0 saturated heterocycles. The number of hydrogen-bond donors (Lipinski definition) is 2. The SMILES string of the molecule is Cc1cc(C)cc(NC(=S)NC(=O)COc2ccc(Br)cc2Br)c1. The molecule has 0 saturated carbocycles. The van der Waals surface area contributed by atoms with Crippen molar-refractivity contribution < 1.29 is 9.53 Å². The molecule has 0 aromatic heterocycles. The van der Waals surface area contributed by atoms with Gasteiger partial charge in [-0.05, 0) is 83.5 Å². The molecule has 0 heterocycles. The number of ether oxygens (including phenoxy) is 1. The number of carbonyl (C=O) groups excluding carboxylic acids is 1. The molecule has 0 fully saturated rings. The zero-order valence-electron chi connectivity index (χ0n) is 13.2. The quantitative estimate of drug-likeness (QED) is 0.633. The van der Waals surface area contributed by atoms with E-state index >= 15 is 0 Å². The van der Waals surface area contributed by atoms with Crippen LogP contribution in [-0.4, -0.2) is 17.6 Å². The van der Waals surface area contributed by atoms with Gasteiger partial charge in [-0.25, -0.2) is 0 Å². The highest BCUT2D eigenvalue weighted by Gasteiger charge is 2.08. The summed E-state index contributed by atoms with van der Waals surface area (Å²) < 4.78 is 7.16. The molecule has 0 atom stereocenters. The fraction of sp³-hybridized carbons (Fsp3) is 0.176. The van der Waals surface area contributed by atoms with Crippen molar-refractivity contribution in [3.8, 4) is 5.75 Å². The fourth-order valence-corrected chi connectivity index (χ4v) is 3.50. The molecule has 0 unspecified atom stereocenters. The lowest BCUT2D eigenvalue weighted by Crippen LogP contribution is -2.37. The van der Waals surface area contributed by atoms with Gasteiger partial charge < -0.3 is 10.1 Å². The monoisotopic (exact) mass is 470 g/mol. The summed E-state index contributed by atoms with van der Waals surface area (Å²) in [5.74, 6) is 0.258. The summed E-state index contributed by atoms with van der Waals surface area (Å²) in [7, 11) is 0. The van der Waals surface area contributed by atoms with Crippen LogP contribution >= 0.6 is 44.1 Å². The van der Waals surface area contributed by atoms with Gasteiger partial charge in [0.05, 0.1) is 4.47 Å². The molecule has 0 aliphatic carbocycles. The summed E-state index contributed by atoms with van der Waals surface area (Å²) in [6.07, 6.45) is 0. The highest BCUT2D eigenvalue weighted by Crippen LogP contribution is 2.28. The minimum Gasteiger partial charge on any atom is -0.483 e. The Morgan fingerprint density at radius 2 is 1.79 bits per heavy atom. The van der Waals surface area contributed by atoms with Crippen LogP contribution in [0.2, 0.25) is 0 Å². The second kappa shape index (κ2) is 8.60. The Bertz CT molecular complexity index is 761. The summed E-state index contributed by atoms with van der Waals surface area (Å²) in [5, 5.41) is 5.84. The molecule has 7 heteroatoms. The molecular weight excluding hydrogens is 456 g/mol. The Morgan fingerprint density at radius 1 is 1.12 bits per heavy atom. The van der Waals surface area contributed by atoms with Crippen LogP contribution in [0.1, 0.15) is 11.1 Å². The Hall–Kier alpha value is -1.44. The van der Waals surface area contributed by atoms with Crippen LogP contribution in [0.5, 0.6) is 5.75 Å². The first kappa shape index (κ1) is 18.9. The van der Waals surface area contributed by atoms with Crippen molar-refractivity contribution in [2.45, 2.75) is 13.8 Å². The first-order valence-electron chi connectivity index (χ1n) is 7.10. The molecule has 0 bridgehead atoms. The van der Waals surface area contributed by atoms with E-state index in [1.807, 2.05) is 38.1 Å². The molecule has 2 N–H and O–H groups in total. The van der Waals surface area contributed by atoms with E-state index in [0.717, 1.165) is 25.8 Å². The van der Waals surface area contributed by atoms with Gasteiger partial charge in [-0.15, -0.1) is 0 Å². The first-order valence-corrected chi connectivity index (χ1v) is 9.10. The number of aryl methyl sites for hydroxylation is 2. The van der Waals surface area contributed by atoms with E-state index in [1.165, 1.54) is 0 Å². The number of anilines is 1. The van der Waals surface area contributed by atoms with Gasteiger partial charge in [0.15, 0.2) is 11.7 Å². The third-order valence-electron chi connectivity index (χ3n) is 2.99. The Labute approximate surface area is 163 Å². The second-order valence-electron chi connectivity index (χ2n) is 5.24. The summed E-state index contributed by atoms with van der Waals surface area (Å²) in [5.41, 5.74) is 3.08. The number of carbonyl (C=O) groups is 1. The highest BCUT2D eigenvalue weighted by molar-refractivity contribution is 9.11. The lowest BCUT2D eigenvalue weighted by molar-refractivity contribution is -0.121. The number of amides is 1. The van der Waals surface area contributed by atoms with Crippen LogP contribution in [0.25, 0.3) is 0 Å². The fourth-order valence-electron chi connectivity index (χ4n) is 2.11. The zero-order chi connectivity index (χ0) is 17.7. The molecule has 2 aromatic rings. The maximum atomic E-state index is 11.9. The first-order chi connectivity index (χ1) is 11.3. The molecule has 2 aromatic carbocycles. The van der Waals surface area contributed by atoms with Crippen LogP contribution in [-0.2, 0) is 4.79 Å². The number of nitrogens with one attached hydrogen (secondary N) is 2. The molecule has 0 spiro atoms. The maximum Gasteiger partial charge on any atom is 0.264 e. The van der Waals surface area contributed by atoms with Gasteiger partial charge in [-0.3, -0.25) is 10.1 Å². The summed E-state index contributed by atoms with van der Waals surface area (Å²) in [6, 6.07) is 11.4. The standard InChI is InChI=1S/C17H16Br2N2O2S/c1-10-5-11(2)7-13(6-10)20-17(24)21-16(22)9-23-15-4-3-12(18)8-14(15)19/h3-8H,9H2,1-2H3,(H2,20,21,22,24). The average Bonchev–Trinajstić information content (AvgIpc) is 2.44. The second-order valence-corrected chi connectivity index (χ2v) is 7.42. The van der Waals surface area contributed by atoms with Crippen molar-refractivity contribution in [1.29, 1.82) is 0 Å². The van der Waals surface area contributed by atoms with Gasteiger partial charge in [-0.1, -0.05) is 22.0 Å². The van der Waals surface area contributed by atoms with Gasteiger partial charge in [0.25, 0.3) is 5.91 Å². The van der Waals surface area contributed by atoms with Gasteiger partial charge >= 0.3 is 0 Å². The zero-order valence-corrected chi connectivity index (χ0v) is 17.1. The summed E-state index contributed by atoms with van der Waals surface area (Å²) in [6.45, 7) is 3.88. The topological polar surface area (TPSA) is 50.4 Å². The Balaban J connectivity index is 1.86. The van der Waals surface area contributed by atoms with Crippen LogP contribution < -0.4 is 15.4 Å². The van der Waals surface area contributed by atoms with E-state index in [9.17, 15) is 4.79 Å². The van der Waals surface area contributed by atoms with Crippen LogP contribution in [0.4, 0.5) is 5.69 Å². The van der Waals surface area contributed by atoms with E-state index in [1.54, 1.807) is 6.07 Å². The lowest BCUT2D eigenvalue weighted by Gasteiger charge is -2.12. The van der Waals surface area contributed by atoms with Gasteiger partial charge in [0.2, 0.25) is 0 Å². The lowest BCUT2D eigenvalue weighted by atomic mass is 10.1. The maximum absolute atomic E-state index is 11.9. The number of hydrogen-bond acceptors (Lipinski definition) is 3. The van der Waals surface area contributed by atoms with Crippen LogP contribution in [0, 0.1) is 13.8 Å². The van der Waals surface area contributed by atoms with E-state index in [2.05, 4.69) is 48.6 Å². The van der Waals surface area contributed by atoms with E-state index in [-0.39, 0.29) is 17.6 Å². The normalized spacial score (nSPS) is 10.2. The van der Waals surface area contributed by atoms with Crippen molar-refractivity contribution in [3.63, 3.8) is 0 Å². The largest absolute Gasteiger partial charge is 0.483 e. The number of rotatable bonds is 4. The molecule has 0 aliphatic heterocycles. The van der Waals surface area contributed by atoms with Crippen molar-refractivity contribution in [1.82, 2.24) is 5.32 Å². The molecule has 4 nitrogen and oxygen atoms in total. The Morgan fingerprint density at radius 3 is 2.42 bits per heavy atom. The van der Waals surface area contributed by atoms with Crippen molar-refractivity contribution in [3.05, 3.63) is 56.5 Å². The van der Waals surface area contributed by atoms with Crippen LogP contribution in [0.3, 0.4) is 0 Å². The molecule has 126 valence electrons. The van der Waals surface area contributed by atoms with Crippen LogP contribution in [0.15, 0.2) is 45.3 Å². The van der Waals surface area contributed by atoms with E-state index < -0.39 is 0 Å².